The molecule has 2 aromatic carbocycles. The number of hydrogen-bond donors (Lipinski definition) is 2. The Morgan fingerprint density at radius 3 is 2.39 bits per heavy atom. The van der Waals surface area contributed by atoms with Gasteiger partial charge in [0.1, 0.15) is 11.6 Å². The molecule has 1 aromatic heterocycles. The van der Waals surface area contributed by atoms with E-state index in [4.69, 9.17) is 4.74 Å². The number of methoxy groups -OCH3 is 1. The summed E-state index contributed by atoms with van der Waals surface area (Å²) in [5, 5.41) is 6.18. The molecule has 0 aliphatic heterocycles. The molecule has 0 fully saturated rings. The fraction of sp³-hybridized carbons (Fsp3) is 0.217. The van der Waals surface area contributed by atoms with Crippen LogP contribution in [-0.4, -0.2) is 18.0 Å². The van der Waals surface area contributed by atoms with Gasteiger partial charge in [-0.05, 0) is 53.4 Å². The first-order valence-corrected chi connectivity index (χ1v) is 9.29. The molecule has 0 saturated carbocycles. The lowest BCUT2D eigenvalue weighted by Gasteiger charge is -2.10. The highest BCUT2D eigenvalue weighted by atomic mass is 16.5. The van der Waals surface area contributed by atoms with E-state index in [0.29, 0.717) is 23.8 Å². The lowest BCUT2D eigenvalue weighted by Crippen LogP contribution is -2.22. The summed E-state index contributed by atoms with van der Waals surface area (Å²) in [7, 11) is 1.63. The van der Waals surface area contributed by atoms with Crippen LogP contribution in [0, 0.1) is 0 Å². The predicted molar refractivity (Wildman–Crippen MR) is 112 cm³/mol. The summed E-state index contributed by atoms with van der Waals surface area (Å²) in [4.78, 5) is 16.8. The van der Waals surface area contributed by atoms with Crippen molar-refractivity contribution < 1.29 is 9.53 Å². The van der Waals surface area contributed by atoms with Crippen molar-refractivity contribution in [3.05, 3.63) is 83.6 Å². The van der Waals surface area contributed by atoms with Crippen LogP contribution in [-0.2, 0) is 6.54 Å². The number of anilines is 2. The number of nitrogens with one attached hydrogen (secondary N) is 2. The van der Waals surface area contributed by atoms with Crippen LogP contribution in [0.5, 0.6) is 5.75 Å². The molecule has 0 radical (unpaired) electrons. The van der Waals surface area contributed by atoms with Crippen molar-refractivity contribution in [1.82, 2.24) is 10.3 Å². The van der Waals surface area contributed by atoms with Gasteiger partial charge in [-0.3, -0.25) is 4.79 Å². The van der Waals surface area contributed by atoms with E-state index in [-0.39, 0.29) is 5.91 Å². The van der Waals surface area contributed by atoms with Crippen molar-refractivity contribution in [2.75, 3.05) is 12.4 Å². The molecule has 0 saturated heterocycles. The molecular formula is C23H25N3O2. The summed E-state index contributed by atoms with van der Waals surface area (Å²) in [6, 6.07) is 19.3. The number of aromatic nitrogens is 1. The number of hydrogen-bond acceptors (Lipinski definition) is 4. The van der Waals surface area contributed by atoms with E-state index < -0.39 is 0 Å². The van der Waals surface area contributed by atoms with Crippen LogP contribution in [0.4, 0.5) is 11.5 Å². The average molecular weight is 375 g/mol. The van der Waals surface area contributed by atoms with Crippen molar-refractivity contribution >= 4 is 17.4 Å². The third-order valence-electron chi connectivity index (χ3n) is 4.48. The van der Waals surface area contributed by atoms with Crippen molar-refractivity contribution in [3.63, 3.8) is 0 Å². The van der Waals surface area contributed by atoms with E-state index in [1.807, 2.05) is 36.4 Å². The van der Waals surface area contributed by atoms with Gasteiger partial charge in [0.25, 0.3) is 5.91 Å². The summed E-state index contributed by atoms with van der Waals surface area (Å²) < 4.78 is 5.14. The fourth-order valence-corrected chi connectivity index (χ4v) is 2.77. The summed E-state index contributed by atoms with van der Waals surface area (Å²) in [5.41, 5.74) is 3.79. The lowest BCUT2D eigenvalue weighted by atomic mass is 10.0. The van der Waals surface area contributed by atoms with Gasteiger partial charge in [0.2, 0.25) is 0 Å². The van der Waals surface area contributed by atoms with Crippen molar-refractivity contribution in [3.8, 4) is 5.75 Å². The Labute approximate surface area is 165 Å². The Hall–Kier alpha value is -3.34. The molecule has 3 rings (SSSR count). The number of benzene rings is 2. The number of pyridine rings is 1. The summed E-state index contributed by atoms with van der Waals surface area (Å²) in [5.74, 6) is 1.78. The second-order valence-electron chi connectivity index (χ2n) is 6.86. The first-order chi connectivity index (χ1) is 13.5. The quantitative estimate of drug-likeness (QED) is 0.617. The second-order valence-corrected chi connectivity index (χ2v) is 6.86. The maximum Gasteiger partial charge on any atom is 0.251 e. The fourth-order valence-electron chi connectivity index (χ4n) is 2.77. The highest BCUT2D eigenvalue weighted by Gasteiger charge is 2.08. The molecule has 0 spiro atoms. The Balaban J connectivity index is 1.62. The largest absolute Gasteiger partial charge is 0.497 e. The summed E-state index contributed by atoms with van der Waals surface area (Å²) in [6.07, 6.45) is 1.63. The van der Waals surface area contributed by atoms with E-state index in [9.17, 15) is 4.79 Å². The van der Waals surface area contributed by atoms with Gasteiger partial charge in [0, 0.05) is 24.0 Å². The Bertz CT molecular complexity index is 919. The van der Waals surface area contributed by atoms with Gasteiger partial charge < -0.3 is 15.4 Å². The first kappa shape index (κ1) is 19.4. The molecule has 0 atom stereocenters. The zero-order valence-corrected chi connectivity index (χ0v) is 16.4. The molecule has 0 aliphatic carbocycles. The molecule has 0 bridgehead atoms. The van der Waals surface area contributed by atoms with Crippen LogP contribution in [0.3, 0.4) is 0 Å². The molecule has 0 unspecified atom stereocenters. The van der Waals surface area contributed by atoms with Gasteiger partial charge in [-0.1, -0.05) is 38.1 Å². The van der Waals surface area contributed by atoms with Crippen LogP contribution in [0.25, 0.3) is 0 Å². The predicted octanol–water partition coefficient (Wildman–Crippen LogP) is 4.89. The molecule has 2 N–H and O–H groups in total. The zero-order valence-electron chi connectivity index (χ0n) is 16.4. The third-order valence-corrected chi connectivity index (χ3v) is 4.48. The maximum atomic E-state index is 12.5. The monoisotopic (exact) mass is 375 g/mol. The minimum Gasteiger partial charge on any atom is -0.497 e. The van der Waals surface area contributed by atoms with Crippen LogP contribution in [0.2, 0.25) is 0 Å². The summed E-state index contributed by atoms with van der Waals surface area (Å²) in [6.45, 7) is 4.78. The van der Waals surface area contributed by atoms with Gasteiger partial charge in [0.15, 0.2) is 0 Å². The Kier molecular flexibility index (Phi) is 6.27. The SMILES string of the molecule is COc1ccc(CNC(=O)c2ccnc(Nc3ccc(C(C)C)cc3)c2)cc1. The molecule has 0 aliphatic rings. The molecule has 28 heavy (non-hydrogen) atoms. The number of nitrogens with zero attached hydrogens (tertiary/aromatic N) is 1. The van der Waals surface area contributed by atoms with Gasteiger partial charge >= 0.3 is 0 Å². The molecule has 5 nitrogen and oxygen atoms in total. The van der Waals surface area contributed by atoms with Gasteiger partial charge in [-0.2, -0.15) is 0 Å². The van der Waals surface area contributed by atoms with Crippen molar-refractivity contribution in [2.45, 2.75) is 26.3 Å². The highest BCUT2D eigenvalue weighted by Crippen LogP contribution is 2.20. The van der Waals surface area contributed by atoms with Gasteiger partial charge in [0.05, 0.1) is 7.11 Å². The molecule has 5 heteroatoms. The number of rotatable bonds is 7. The minimum absolute atomic E-state index is 0.142. The van der Waals surface area contributed by atoms with E-state index in [2.05, 4.69) is 41.6 Å². The Morgan fingerprint density at radius 2 is 1.75 bits per heavy atom. The standard InChI is InChI=1S/C23H25N3O2/c1-16(2)18-6-8-20(9-7-18)26-22-14-19(12-13-24-22)23(27)25-15-17-4-10-21(28-3)11-5-17/h4-14,16H,15H2,1-3H3,(H,24,26)(H,25,27). The molecule has 3 aromatic rings. The van der Waals surface area contributed by atoms with Crippen molar-refractivity contribution in [2.24, 2.45) is 0 Å². The molecule has 144 valence electrons. The number of ether oxygens (including phenoxy) is 1. The van der Waals surface area contributed by atoms with E-state index in [0.717, 1.165) is 17.0 Å². The number of carbonyl (C=O) groups excluding carboxylic acids is 1. The van der Waals surface area contributed by atoms with Crippen LogP contribution in [0.1, 0.15) is 41.3 Å². The second kappa shape index (κ2) is 9.04. The summed E-state index contributed by atoms with van der Waals surface area (Å²) >= 11 is 0. The van der Waals surface area contributed by atoms with Crippen molar-refractivity contribution in [1.29, 1.82) is 0 Å². The topological polar surface area (TPSA) is 63.2 Å². The molecular weight excluding hydrogens is 350 g/mol. The van der Waals surface area contributed by atoms with Crippen LogP contribution in [0.15, 0.2) is 66.9 Å². The molecule has 1 heterocycles. The van der Waals surface area contributed by atoms with Crippen LogP contribution < -0.4 is 15.4 Å². The molecule has 1 amide bonds. The van der Waals surface area contributed by atoms with Gasteiger partial charge in [-0.25, -0.2) is 4.98 Å². The van der Waals surface area contributed by atoms with E-state index in [1.165, 1.54) is 5.56 Å². The normalized spacial score (nSPS) is 10.6. The number of amides is 1. The van der Waals surface area contributed by atoms with E-state index in [1.54, 1.807) is 25.4 Å². The lowest BCUT2D eigenvalue weighted by molar-refractivity contribution is 0.0951. The highest BCUT2D eigenvalue weighted by molar-refractivity contribution is 5.94. The van der Waals surface area contributed by atoms with Gasteiger partial charge in [-0.15, -0.1) is 0 Å². The number of carbonyl (C=O) groups is 1. The zero-order chi connectivity index (χ0) is 19.9. The minimum atomic E-state index is -0.142. The Morgan fingerprint density at radius 1 is 1.04 bits per heavy atom. The average Bonchev–Trinajstić information content (AvgIpc) is 2.73. The maximum absolute atomic E-state index is 12.5. The smallest absolute Gasteiger partial charge is 0.251 e. The third kappa shape index (κ3) is 5.10. The van der Waals surface area contributed by atoms with E-state index >= 15 is 0 Å². The van der Waals surface area contributed by atoms with Crippen LogP contribution >= 0.6 is 0 Å². The first-order valence-electron chi connectivity index (χ1n) is 9.29.